The molecule has 1 heterocycles. The van der Waals surface area contributed by atoms with Crippen LogP contribution in [0, 0.1) is 0 Å². The third-order valence-electron chi connectivity index (χ3n) is 2.26. The van der Waals surface area contributed by atoms with Crippen LogP contribution in [0.15, 0.2) is 28.7 Å². The van der Waals surface area contributed by atoms with E-state index in [2.05, 4.69) is 0 Å². The van der Waals surface area contributed by atoms with Crippen LogP contribution < -0.4 is 10.5 Å². The van der Waals surface area contributed by atoms with Gasteiger partial charge in [-0.25, -0.2) is 0 Å². The molecule has 0 aliphatic heterocycles. The Balaban J connectivity index is 2.41. The first-order valence-corrected chi connectivity index (χ1v) is 5.66. The fourth-order valence-electron chi connectivity index (χ4n) is 1.51. The molecule has 0 spiro atoms. The lowest BCUT2D eigenvalue weighted by molar-refractivity contribution is 0.0227. The Hall–Kier alpha value is -1.59. The van der Waals surface area contributed by atoms with E-state index < -0.39 is 0 Å². The second-order valence-electron chi connectivity index (χ2n) is 3.38. The van der Waals surface area contributed by atoms with Crippen LogP contribution in [-0.4, -0.2) is 18.4 Å². The van der Waals surface area contributed by atoms with Crippen molar-refractivity contribution in [1.29, 1.82) is 0 Å². The quantitative estimate of drug-likeness (QED) is 0.502. The Morgan fingerprint density at radius 3 is 2.88 bits per heavy atom. The van der Waals surface area contributed by atoms with E-state index in [1.165, 1.54) is 0 Å². The topological polar surface area (TPSA) is 57.6 Å². The minimum Gasteiger partial charge on any atom is -0.463 e. The van der Waals surface area contributed by atoms with Gasteiger partial charge in [0.15, 0.2) is 12.5 Å². The molecule has 90 valence electrons. The predicted octanol–water partition coefficient (Wildman–Crippen LogP) is 2.44. The molecular weight excluding hydrogens is 238 g/mol. The molecule has 0 aliphatic rings. The van der Waals surface area contributed by atoms with E-state index in [0.717, 1.165) is 5.39 Å². The lowest BCUT2D eigenvalue weighted by Crippen LogP contribution is -2.11. The highest BCUT2D eigenvalue weighted by atomic mass is 32.1. The van der Waals surface area contributed by atoms with Crippen molar-refractivity contribution < 1.29 is 13.9 Å². The van der Waals surface area contributed by atoms with Crippen LogP contribution in [-0.2, 0) is 4.74 Å². The Morgan fingerprint density at radius 1 is 1.41 bits per heavy atom. The molecule has 0 bridgehead atoms. The normalized spacial score (nSPS) is 10.6. The van der Waals surface area contributed by atoms with Gasteiger partial charge in [-0.15, -0.1) is 0 Å². The molecule has 5 heteroatoms. The van der Waals surface area contributed by atoms with Gasteiger partial charge < -0.3 is 19.6 Å². The number of hydrogen-bond acceptors (Lipinski definition) is 4. The largest absolute Gasteiger partial charge is 0.463 e. The second-order valence-corrected chi connectivity index (χ2v) is 3.82. The van der Waals surface area contributed by atoms with Crippen LogP contribution in [0.4, 0.5) is 0 Å². The lowest BCUT2D eigenvalue weighted by Gasteiger charge is -2.05. The van der Waals surface area contributed by atoms with E-state index in [0.29, 0.717) is 23.7 Å². The Kier molecular flexibility index (Phi) is 3.61. The maximum absolute atomic E-state index is 5.60. The summed E-state index contributed by atoms with van der Waals surface area (Å²) < 4.78 is 16.2. The van der Waals surface area contributed by atoms with E-state index in [-0.39, 0.29) is 11.8 Å². The van der Waals surface area contributed by atoms with E-state index in [4.69, 9.17) is 31.8 Å². The molecule has 17 heavy (non-hydrogen) atoms. The SMILES string of the molecule is CCOCOc1c(C(N)=S)oc2ccccc12. The van der Waals surface area contributed by atoms with Crippen LogP contribution in [0.2, 0.25) is 0 Å². The van der Waals surface area contributed by atoms with Crippen LogP contribution in [0.25, 0.3) is 11.0 Å². The number of thiocarbonyl (C=S) groups is 1. The number of fused-ring (bicyclic) bond motifs is 1. The van der Waals surface area contributed by atoms with Gasteiger partial charge in [-0.05, 0) is 19.1 Å². The number of rotatable bonds is 5. The maximum atomic E-state index is 5.60. The van der Waals surface area contributed by atoms with Crippen LogP contribution >= 0.6 is 12.2 Å². The molecular formula is C12H13NO3S. The first-order valence-electron chi connectivity index (χ1n) is 5.26. The van der Waals surface area contributed by atoms with Gasteiger partial charge in [-0.2, -0.15) is 0 Å². The average Bonchev–Trinajstić information content (AvgIpc) is 2.69. The molecule has 0 aliphatic carbocycles. The summed E-state index contributed by atoms with van der Waals surface area (Å²) in [6.07, 6.45) is 0. The molecule has 0 saturated carbocycles. The fourth-order valence-corrected chi connectivity index (χ4v) is 1.65. The molecule has 0 fully saturated rings. The van der Waals surface area contributed by atoms with Gasteiger partial charge in [0.25, 0.3) is 0 Å². The molecule has 0 radical (unpaired) electrons. The smallest absolute Gasteiger partial charge is 0.204 e. The third-order valence-corrected chi connectivity index (χ3v) is 2.45. The summed E-state index contributed by atoms with van der Waals surface area (Å²) in [5.41, 5.74) is 6.30. The number of para-hydroxylation sites is 1. The minimum absolute atomic E-state index is 0.148. The summed E-state index contributed by atoms with van der Waals surface area (Å²) >= 11 is 4.93. The van der Waals surface area contributed by atoms with Crippen molar-refractivity contribution in [3.8, 4) is 5.75 Å². The molecule has 4 nitrogen and oxygen atoms in total. The lowest BCUT2D eigenvalue weighted by atomic mass is 10.2. The summed E-state index contributed by atoms with van der Waals surface area (Å²) in [6, 6.07) is 7.50. The van der Waals surface area contributed by atoms with E-state index in [1.54, 1.807) is 0 Å². The van der Waals surface area contributed by atoms with Gasteiger partial charge in [0.2, 0.25) is 5.76 Å². The van der Waals surface area contributed by atoms with Gasteiger partial charge >= 0.3 is 0 Å². The second kappa shape index (κ2) is 5.16. The number of ether oxygens (including phenoxy) is 2. The zero-order valence-corrected chi connectivity index (χ0v) is 10.3. The molecule has 0 saturated heterocycles. The highest BCUT2D eigenvalue weighted by Gasteiger charge is 2.17. The van der Waals surface area contributed by atoms with Crippen molar-refractivity contribution in [3.05, 3.63) is 30.0 Å². The zero-order chi connectivity index (χ0) is 12.3. The molecule has 0 unspecified atom stereocenters. The van der Waals surface area contributed by atoms with E-state index >= 15 is 0 Å². The van der Waals surface area contributed by atoms with Gasteiger partial charge in [0.1, 0.15) is 10.6 Å². The Morgan fingerprint density at radius 2 is 2.18 bits per heavy atom. The minimum atomic E-state index is 0.148. The van der Waals surface area contributed by atoms with Gasteiger partial charge in [0.05, 0.1) is 5.39 Å². The van der Waals surface area contributed by atoms with E-state index in [1.807, 2.05) is 31.2 Å². The summed E-state index contributed by atoms with van der Waals surface area (Å²) in [5, 5.41) is 0.843. The summed E-state index contributed by atoms with van der Waals surface area (Å²) in [4.78, 5) is 0.174. The zero-order valence-electron chi connectivity index (χ0n) is 9.43. The average molecular weight is 251 g/mol. The van der Waals surface area contributed by atoms with Crippen molar-refractivity contribution in [2.24, 2.45) is 5.73 Å². The molecule has 2 aromatic rings. The van der Waals surface area contributed by atoms with Crippen molar-refractivity contribution >= 4 is 28.2 Å². The molecule has 0 atom stereocenters. The first kappa shape index (κ1) is 11.9. The van der Waals surface area contributed by atoms with Crippen molar-refractivity contribution in [3.63, 3.8) is 0 Å². The maximum Gasteiger partial charge on any atom is 0.204 e. The number of hydrogen-bond donors (Lipinski definition) is 1. The van der Waals surface area contributed by atoms with Crippen molar-refractivity contribution in [2.45, 2.75) is 6.92 Å². The van der Waals surface area contributed by atoms with Crippen LogP contribution in [0.5, 0.6) is 5.75 Å². The molecule has 1 aromatic carbocycles. The fraction of sp³-hybridized carbons (Fsp3) is 0.250. The van der Waals surface area contributed by atoms with Gasteiger partial charge in [-0.1, -0.05) is 24.4 Å². The summed E-state index contributed by atoms with van der Waals surface area (Å²) in [6.45, 7) is 2.62. The highest BCUT2D eigenvalue weighted by Crippen LogP contribution is 2.32. The Bertz CT molecular complexity index is 536. The number of benzene rings is 1. The first-order chi connectivity index (χ1) is 8.24. The standard InChI is InChI=1S/C12H13NO3S/c1-2-14-7-15-10-8-5-3-4-6-9(8)16-11(10)12(13)17/h3-6H,2,7H2,1H3,(H2,13,17). The summed E-state index contributed by atoms with van der Waals surface area (Å²) in [7, 11) is 0. The molecule has 0 amide bonds. The molecule has 1 aromatic heterocycles. The van der Waals surface area contributed by atoms with Crippen molar-refractivity contribution in [2.75, 3.05) is 13.4 Å². The predicted molar refractivity (Wildman–Crippen MR) is 69.2 cm³/mol. The number of nitrogens with two attached hydrogens (primary N) is 1. The Labute approximate surface area is 104 Å². The van der Waals surface area contributed by atoms with E-state index in [9.17, 15) is 0 Å². The van der Waals surface area contributed by atoms with Crippen LogP contribution in [0.1, 0.15) is 12.7 Å². The van der Waals surface area contributed by atoms with Crippen LogP contribution in [0.3, 0.4) is 0 Å². The third kappa shape index (κ3) is 2.40. The molecule has 2 N–H and O–H groups in total. The monoisotopic (exact) mass is 251 g/mol. The van der Waals surface area contributed by atoms with Gasteiger partial charge in [-0.3, -0.25) is 0 Å². The highest BCUT2D eigenvalue weighted by molar-refractivity contribution is 7.80. The number of furan rings is 1. The van der Waals surface area contributed by atoms with Gasteiger partial charge in [0, 0.05) is 6.61 Å². The van der Waals surface area contributed by atoms with Crippen molar-refractivity contribution in [1.82, 2.24) is 0 Å². The summed E-state index contributed by atoms with van der Waals surface area (Å²) in [5.74, 6) is 0.933. The molecule has 2 rings (SSSR count).